The summed E-state index contributed by atoms with van der Waals surface area (Å²) in [6.07, 6.45) is 1.83. The summed E-state index contributed by atoms with van der Waals surface area (Å²) in [6.45, 7) is -0.0664. The van der Waals surface area contributed by atoms with E-state index in [0.29, 0.717) is 26.0 Å². The third-order valence-corrected chi connectivity index (χ3v) is 6.55. The number of rotatable bonds is 8. The molecule has 0 aliphatic rings. The Morgan fingerprint density at radius 1 is 1.15 bits per heavy atom. The summed E-state index contributed by atoms with van der Waals surface area (Å²) in [5.74, 6) is 0.449. The summed E-state index contributed by atoms with van der Waals surface area (Å²) >= 11 is 15.8. The first-order chi connectivity index (χ1) is 15.9. The van der Waals surface area contributed by atoms with Gasteiger partial charge in [0.25, 0.3) is 0 Å². The molecule has 0 fully saturated rings. The summed E-state index contributed by atoms with van der Waals surface area (Å²) in [5, 5.41) is 13.5. The molecule has 0 saturated heterocycles. The molecule has 4 rings (SSSR count). The molecule has 1 N–H and O–H groups in total. The molecular formula is C24H19BrCl2N2O4. The van der Waals surface area contributed by atoms with Crippen LogP contribution in [0.5, 0.6) is 11.5 Å². The number of halogens is 3. The third kappa shape index (κ3) is 5.11. The fraction of sp³-hybridized carbons (Fsp3) is 0.167. The van der Waals surface area contributed by atoms with Gasteiger partial charge in [-0.3, -0.25) is 10.1 Å². The molecule has 0 bridgehead atoms. The Hall–Kier alpha value is -2.74. The van der Waals surface area contributed by atoms with Crippen molar-refractivity contribution < 1.29 is 14.4 Å². The molecule has 1 heterocycles. The van der Waals surface area contributed by atoms with Gasteiger partial charge in [0, 0.05) is 37.6 Å². The van der Waals surface area contributed by atoms with Crippen molar-refractivity contribution in [3.63, 3.8) is 0 Å². The lowest BCUT2D eigenvalue weighted by Crippen LogP contribution is -2.14. The molecule has 0 saturated carbocycles. The minimum atomic E-state index is -0.485. The average Bonchev–Trinajstić information content (AvgIpc) is 3.21. The maximum absolute atomic E-state index is 11.5. The van der Waals surface area contributed by atoms with Gasteiger partial charge in [-0.2, -0.15) is 0 Å². The predicted octanol–water partition coefficient (Wildman–Crippen LogP) is 7.23. The van der Waals surface area contributed by atoms with Gasteiger partial charge in [-0.1, -0.05) is 47.5 Å². The molecule has 0 unspecified atom stereocenters. The Morgan fingerprint density at radius 3 is 2.67 bits per heavy atom. The fourth-order valence-electron chi connectivity index (χ4n) is 3.78. The molecule has 0 aliphatic carbocycles. The van der Waals surface area contributed by atoms with E-state index in [4.69, 9.17) is 32.7 Å². The lowest BCUT2D eigenvalue weighted by Gasteiger charge is -2.18. The predicted molar refractivity (Wildman–Crippen MR) is 133 cm³/mol. The van der Waals surface area contributed by atoms with Crippen molar-refractivity contribution >= 4 is 50.0 Å². The van der Waals surface area contributed by atoms with Crippen LogP contribution in [0.3, 0.4) is 0 Å². The lowest BCUT2D eigenvalue weighted by atomic mass is 9.90. The molecule has 1 atom stereocenters. The zero-order valence-electron chi connectivity index (χ0n) is 17.5. The van der Waals surface area contributed by atoms with Crippen LogP contribution in [0.25, 0.3) is 10.9 Å². The minimum absolute atomic E-state index is 0.199. The second-order valence-electron chi connectivity index (χ2n) is 7.42. The zero-order chi connectivity index (χ0) is 23.5. The van der Waals surface area contributed by atoms with Gasteiger partial charge in [0.05, 0.1) is 17.5 Å². The Morgan fingerprint density at radius 2 is 1.94 bits per heavy atom. The number of benzene rings is 3. The number of aromatic amines is 1. The van der Waals surface area contributed by atoms with Crippen molar-refractivity contribution in [2.75, 3.05) is 13.7 Å². The first kappa shape index (κ1) is 23.4. The largest absolute Gasteiger partial charge is 0.493 e. The van der Waals surface area contributed by atoms with Gasteiger partial charge >= 0.3 is 0 Å². The smallest absolute Gasteiger partial charge is 0.214 e. The summed E-state index contributed by atoms with van der Waals surface area (Å²) in [4.78, 5) is 14.4. The maximum Gasteiger partial charge on any atom is 0.214 e. The average molecular weight is 550 g/mol. The Labute approximate surface area is 208 Å². The van der Waals surface area contributed by atoms with Gasteiger partial charge in [-0.25, -0.2) is 0 Å². The van der Waals surface area contributed by atoms with Crippen LogP contribution in [0.1, 0.15) is 22.6 Å². The Balaban J connectivity index is 1.70. The molecule has 0 spiro atoms. The number of H-pyrrole nitrogens is 1. The standard InChI is InChI=1S/C24H19BrCl2N2O4/c1-32-23-9-15(8-20(25)24(23)33-13-14-6-7-16(26)10-21(14)27)19(12-29(30)31)18-11-28-22-5-3-2-4-17(18)22/h2-11,19,28H,12-13H2,1H3/t19-/m1/s1. The molecule has 0 radical (unpaired) electrons. The highest BCUT2D eigenvalue weighted by atomic mass is 79.9. The number of para-hydroxylation sites is 1. The molecular weight excluding hydrogens is 531 g/mol. The summed E-state index contributed by atoms with van der Waals surface area (Å²) in [7, 11) is 1.53. The first-order valence-electron chi connectivity index (χ1n) is 9.99. The maximum atomic E-state index is 11.5. The van der Waals surface area contributed by atoms with Crippen LogP contribution in [0.15, 0.2) is 65.3 Å². The quantitative estimate of drug-likeness (QED) is 0.186. The van der Waals surface area contributed by atoms with Crippen LogP contribution >= 0.6 is 39.1 Å². The molecule has 0 aliphatic heterocycles. The minimum Gasteiger partial charge on any atom is -0.493 e. The number of aromatic nitrogens is 1. The van der Waals surface area contributed by atoms with E-state index in [0.717, 1.165) is 27.6 Å². The van der Waals surface area contributed by atoms with Crippen LogP contribution in [0, 0.1) is 10.1 Å². The molecule has 33 heavy (non-hydrogen) atoms. The number of hydrogen-bond donors (Lipinski definition) is 1. The fourth-order valence-corrected chi connectivity index (χ4v) is 4.82. The van der Waals surface area contributed by atoms with Crippen molar-refractivity contribution in [2.24, 2.45) is 0 Å². The zero-order valence-corrected chi connectivity index (χ0v) is 20.6. The summed E-state index contributed by atoms with van der Waals surface area (Å²) in [5.41, 5.74) is 3.27. The third-order valence-electron chi connectivity index (χ3n) is 5.37. The highest BCUT2D eigenvalue weighted by Gasteiger charge is 2.26. The van der Waals surface area contributed by atoms with E-state index in [1.165, 1.54) is 7.11 Å². The van der Waals surface area contributed by atoms with Gasteiger partial charge < -0.3 is 14.5 Å². The van der Waals surface area contributed by atoms with Gasteiger partial charge in [0.2, 0.25) is 6.54 Å². The molecule has 9 heteroatoms. The van der Waals surface area contributed by atoms with Crippen molar-refractivity contribution in [3.05, 3.63) is 102 Å². The number of nitrogens with one attached hydrogen (secondary N) is 1. The summed E-state index contributed by atoms with van der Waals surface area (Å²) < 4.78 is 12.2. The van der Waals surface area contributed by atoms with Crippen LogP contribution in [0.2, 0.25) is 10.0 Å². The topological polar surface area (TPSA) is 77.4 Å². The van der Waals surface area contributed by atoms with E-state index in [9.17, 15) is 10.1 Å². The van der Waals surface area contributed by atoms with Gasteiger partial charge in [0.15, 0.2) is 11.5 Å². The second kappa shape index (κ2) is 10.0. The number of nitro groups is 1. The Kier molecular flexibility index (Phi) is 7.12. The van der Waals surface area contributed by atoms with E-state index in [1.54, 1.807) is 24.3 Å². The number of nitrogens with zero attached hydrogens (tertiary/aromatic N) is 1. The summed E-state index contributed by atoms with van der Waals surface area (Å²) in [6, 6.07) is 16.5. The normalized spacial score (nSPS) is 12.0. The van der Waals surface area contributed by atoms with Crippen LogP contribution in [-0.4, -0.2) is 23.6 Å². The van der Waals surface area contributed by atoms with E-state index >= 15 is 0 Å². The van der Waals surface area contributed by atoms with Crippen molar-refractivity contribution in [1.82, 2.24) is 4.98 Å². The van der Waals surface area contributed by atoms with Crippen molar-refractivity contribution in [3.8, 4) is 11.5 Å². The Bertz CT molecular complexity index is 1330. The van der Waals surface area contributed by atoms with Crippen molar-refractivity contribution in [1.29, 1.82) is 0 Å². The van der Waals surface area contributed by atoms with Gasteiger partial charge in [0.1, 0.15) is 6.61 Å². The number of fused-ring (bicyclic) bond motifs is 1. The van der Waals surface area contributed by atoms with E-state index in [1.807, 2.05) is 36.5 Å². The lowest BCUT2D eigenvalue weighted by molar-refractivity contribution is -0.481. The number of methoxy groups -OCH3 is 1. The molecule has 1 aromatic heterocycles. The van der Waals surface area contributed by atoms with E-state index < -0.39 is 5.92 Å². The van der Waals surface area contributed by atoms with E-state index in [-0.39, 0.29) is 18.1 Å². The van der Waals surface area contributed by atoms with Gasteiger partial charge in [-0.05, 0) is 57.4 Å². The van der Waals surface area contributed by atoms with Gasteiger partial charge in [-0.15, -0.1) is 0 Å². The molecule has 170 valence electrons. The highest BCUT2D eigenvalue weighted by Crippen LogP contribution is 2.41. The SMILES string of the molecule is COc1cc([C@@H](C[N+](=O)[O-])c2c[nH]c3ccccc23)cc(Br)c1OCc1ccc(Cl)cc1Cl. The van der Waals surface area contributed by atoms with Crippen molar-refractivity contribution in [2.45, 2.75) is 12.5 Å². The second-order valence-corrected chi connectivity index (χ2v) is 9.11. The highest BCUT2D eigenvalue weighted by molar-refractivity contribution is 9.10. The monoisotopic (exact) mass is 548 g/mol. The molecule has 3 aromatic carbocycles. The van der Waals surface area contributed by atoms with Crippen LogP contribution in [-0.2, 0) is 6.61 Å². The number of ether oxygens (including phenoxy) is 2. The molecule has 6 nitrogen and oxygen atoms in total. The van der Waals surface area contributed by atoms with E-state index in [2.05, 4.69) is 20.9 Å². The number of hydrogen-bond acceptors (Lipinski definition) is 4. The van der Waals surface area contributed by atoms with Crippen LogP contribution < -0.4 is 9.47 Å². The molecule has 0 amide bonds. The molecule has 4 aromatic rings. The van der Waals surface area contributed by atoms with Crippen LogP contribution in [0.4, 0.5) is 0 Å². The first-order valence-corrected chi connectivity index (χ1v) is 11.5.